The molecule has 15 heavy (non-hydrogen) atoms. The lowest BCUT2D eigenvalue weighted by atomic mass is 10.3. The summed E-state index contributed by atoms with van der Waals surface area (Å²) >= 11 is 3.24. The molecule has 1 aromatic carbocycles. The van der Waals surface area contributed by atoms with Crippen LogP contribution < -0.4 is 11.1 Å². The van der Waals surface area contributed by atoms with Crippen LogP contribution in [0.4, 0.5) is 22.1 Å². The van der Waals surface area contributed by atoms with Crippen LogP contribution in [0.3, 0.4) is 0 Å². The van der Waals surface area contributed by atoms with Gasteiger partial charge in [0.2, 0.25) is 0 Å². The van der Waals surface area contributed by atoms with E-state index in [0.29, 0.717) is 10.2 Å². The minimum atomic E-state index is -0.367. The molecule has 0 aliphatic heterocycles. The van der Waals surface area contributed by atoms with E-state index in [1.807, 2.05) is 0 Å². The Hall–Kier alpha value is -1.63. The van der Waals surface area contributed by atoms with Gasteiger partial charge in [-0.15, -0.1) is 0 Å². The van der Waals surface area contributed by atoms with Crippen molar-refractivity contribution >= 4 is 33.6 Å². The van der Waals surface area contributed by atoms with E-state index in [9.17, 15) is 4.39 Å². The monoisotopic (exact) mass is 272 g/mol. The lowest BCUT2D eigenvalue weighted by Crippen LogP contribution is -1.92. The van der Waals surface area contributed by atoms with Gasteiger partial charge < -0.3 is 15.5 Å². The molecule has 0 amide bonds. The van der Waals surface area contributed by atoms with Crippen LogP contribution in [0, 0.1) is 5.82 Å². The maximum atomic E-state index is 12.9. The first-order valence-electron chi connectivity index (χ1n) is 3.96. The van der Waals surface area contributed by atoms with Crippen molar-refractivity contribution < 1.29 is 8.81 Å². The number of aromatic nitrogens is 2. The molecule has 1 heterocycles. The fourth-order valence-electron chi connectivity index (χ4n) is 0.994. The van der Waals surface area contributed by atoms with Gasteiger partial charge in [0.05, 0.1) is 5.69 Å². The van der Waals surface area contributed by atoms with Crippen molar-refractivity contribution in [3.05, 3.63) is 28.5 Å². The summed E-state index contributed by atoms with van der Waals surface area (Å²) in [6, 6.07) is 4.25. The molecule has 3 N–H and O–H groups in total. The third kappa shape index (κ3) is 2.24. The Balaban J connectivity index is 2.27. The van der Waals surface area contributed by atoms with Crippen LogP contribution in [0.1, 0.15) is 0 Å². The zero-order valence-electron chi connectivity index (χ0n) is 7.37. The summed E-state index contributed by atoms with van der Waals surface area (Å²) in [7, 11) is 0. The van der Waals surface area contributed by atoms with Crippen molar-refractivity contribution in [1.29, 1.82) is 0 Å². The highest BCUT2D eigenvalue weighted by molar-refractivity contribution is 9.10. The van der Waals surface area contributed by atoms with Crippen LogP contribution in [0.5, 0.6) is 0 Å². The Labute approximate surface area is 92.6 Å². The number of nitrogens with one attached hydrogen (secondary N) is 1. The molecule has 1 aromatic heterocycles. The van der Waals surface area contributed by atoms with E-state index in [0.717, 1.165) is 0 Å². The van der Waals surface area contributed by atoms with E-state index < -0.39 is 0 Å². The Morgan fingerprint density at radius 2 is 2.20 bits per heavy atom. The SMILES string of the molecule is Nc1nnc(Nc2cc(F)ccc2Br)o1. The van der Waals surface area contributed by atoms with Crippen LogP contribution >= 0.6 is 15.9 Å². The third-order valence-corrected chi connectivity index (χ3v) is 2.30. The molecule has 0 aliphatic carbocycles. The highest BCUT2D eigenvalue weighted by Gasteiger charge is 2.06. The molecule has 0 aliphatic rings. The Bertz CT molecular complexity index is 487. The summed E-state index contributed by atoms with van der Waals surface area (Å²) in [4.78, 5) is 0. The van der Waals surface area contributed by atoms with Gasteiger partial charge in [-0.05, 0) is 34.1 Å². The predicted octanol–water partition coefficient (Wildman–Crippen LogP) is 2.30. The van der Waals surface area contributed by atoms with Gasteiger partial charge in [-0.1, -0.05) is 10.2 Å². The largest absolute Gasteiger partial charge is 0.389 e. The molecule has 0 spiro atoms. The smallest absolute Gasteiger partial charge is 0.321 e. The van der Waals surface area contributed by atoms with Gasteiger partial charge in [-0.2, -0.15) is 0 Å². The average Bonchev–Trinajstić information content (AvgIpc) is 2.58. The maximum Gasteiger partial charge on any atom is 0.321 e. The topological polar surface area (TPSA) is 77.0 Å². The lowest BCUT2D eigenvalue weighted by molar-refractivity contribution is 0.592. The molecule has 0 fully saturated rings. The summed E-state index contributed by atoms with van der Waals surface area (Å²) in [6.07, 6.45) is 0. The molecule has 0 unspecified atom stereocenters. The Morgan fingerprint density at radius 3 is 2.87 bits per heavy atom. The molecule has 5 nitrogen and oxygen atoms in total. The lowest BCUT2D eigenvalue weighted by Gasteiger charge is -2.03. The Kier molecular flexibility index (Phi) is 2.55. The minimum absolute atomic E-state index is 0.0509. The van der Waals surface area contributed by atoms with Crippen molar-refractivity contribution in [1.82, 2.24) is 10.2 Å². The third-order valence-electron chi connectivity index (χ3n) is 1.61. The number of hydrogen-bond donors (Lipinski definition) is 2. The Morgan fingerprint density at radius 1 is 1.40 bits per heavy atom. The van der Waals surface area contributed by atoms with Crippen molar-refractivity contribution in [3.8, 4) is 0 Å². The number of anilines is 3. The number of nitrogen functional groups attached to an aromatic ring is 1. The summed E-state index contributed by atoms with van der Waals surface area (Å²) in [5.74, 6) is -0.367. The number of nitrogens with zero attached hydrogens (tertiary/aromatic N) is 2. The number of rotatable bonds is 2. The second kappa shape index (κ2) is 3.85. The highest BCUT2D eigenvalue weighted by Crippen LogP contribution is 2.26. The molecule has 7 heteroatoms. The number of hydrogen-bond acceptors (Lipinski definition) is 5. The molecule has 0 atom stereocenters. The van der Waals surface area contributed by atoms with Crippen molar-refractivity contribution in [3.63, 3.8) is 0 Å². The fraction of sp³-hybridized carbons (Fsp3) is 0. The number of benzene rings is 1. The molecule has 2 aromatic rings. The minimum Gasteiger partial charge on any atom is -0.389 e. The van der Waals surface area contributed by atoms with Gasteiger partial charge in [0.15, 0.2) is 0 Å². The first-order chi connectivity index (χ1) is 7.15. The number of nitrogens with two attached hydrogens (primary N) is 1. The predicted molar refractivity (Wildman–Crippen MR) is 56.1 cm³/mol. The molecule has 0 saturated carbocycles. The van der Waals surface area contributed by atoms with Crippen LogP contribution in [0.15, 0.2) is 27.1 Å². The molecule has 2 rings (SSSR count). The molecule has 0 radical (unpaired) electrons. The van der Waals surface area contributed by atoms with Crippen LogP contribution in [-0.2, 0) is 0 Å². The summed E-state index contributed by atoms with van der Waals surface area (Å²) in [6.45, 7) is 0. The first kappa shape index (κ1) is 9.91. The van der Waals surface area contributed by atoms with Crippen LogP contribution in [0.2, 0.25) is 0 Å². The molecular formula is C8H6BrFN4O. The van der Waals surface area contributed by atoms with Crippen molar-refractivity contribution in [2.75, 3.05) is 11.1 Å². The second-order valence-corrected chi connectivity index (χ2v) is 3.55. The highest BCUT2D eigenvalue weighted by atomic mass is 79.9. The number of halogens is 2. The van der Waals surface area contributed by atoms with E-state index in [2.05, 4.69) is 31.4 Å². The summed E-state index contributed by atoms with van der Waals surface area (Å²) < 4.78 is 18.5. The normalized spacial score (nSPS) is 10.3. The van der Waals surface area contributed by atoms with E-state index in [1.165, 1.54) is 12.1 Å². The average molecular weight is 273 g/mol. The zero-order valence-corrected chi connectivity index (χ0v) is 8.95. The van der Waals surface area contributed by atoms with E-state index in [-0.39, 0.29) is 17.8 Å². The van der Waals surface area contributed by atoms with E-state index >= 15 is 0 Å². The van der Waals surface area contributed by atoms with Crippen LogP contribution in [0.25, 0.3) is 0 Å². The van der Waals surface area contributed by atoms with Gasteiger partial charge in [-0.25, -0.2) is 4.39 Å². The van der Waals surface area contributed by atoms with Gasteiger partial charge in [0, 0.05) is 4.47 Å². The van der Waals surface area contributed by atoms with E-state index in [4.69, 9.17) is 10.2 Å². The van der Waals surface area contributed by atoms with Gasteiger partial charge >= 0.3 is 12.0 Å². The molecule has 78 valence electrons. The first-order valence-corrected chi connectivity index (χ1v) is 4.75. The van der Waals surface area contributed by atoms with Gasteiger partial charge in [0.25, 0.3) is 0 Å². The summed E-state index contributed by atoms with van der Waals surface area (Å²) in [5, 5.41) is 9.77. The molecular weight excluding hydrogens is 267 g/mol. The second-order valence-electron chi connectivity index (χ2n) is 2.69. The van der Waals surface area contributed by atoms with Crippen LogP contribution in [-0.4, -0.2) is 10.2 Å². The molecule has 0 saturated heterocycles. The summed E-state index contributed by atoms with van der Waals surface area (Å²) in [5.41, 5.74) is 5.72. The van der Waals surface area contributed by atoms with Gasteiger partial charge in [0.1, 0.15) is 5.82 Å². The molecule has 0 bridgehead atoms. The maximum absolute atomic E-state index is 12.9. The zero-order chi connectivity index (χ0) is 10.8. The van der Waals surface area contributed by atoms with Gasteiger partial charge in [-0.3, -0.25) is 0 Å². The quantitative estimate of drug-likeness (QED) is 0.877. The fourth-order valence-corrected chi connectivity index (χ4v) is 1.34. The van der Waals surface area contributed by atoms with Crippen molar-refractivity contribution in [2.45, 2.75) is 0 Å². The van der Waals surface area contributed by atoms with Crippen molar-refractivity contribution in [2.24, 2.45) is 0 Å². The standard InChI is InChI=1S/C8H6BrFN4O/c9-5-2-1-4(10)3-6(5)12-8-14-13-7(11)15-8/h1-3H,(H2,11,13)(H,12,14). The van der Waals surface area contributed by atoms with E-state index in [1.54, 1.807) is 6.07 Å².